The fraction of sp³-hybridized carbons (Fsp3) is 0.938. The van der Waals surface area contributed by atoms with Gasteiger partial charge in [0.25, 0.3) is 0 Å². The Bertz CT molecular complexity index is 376. The summed E-state index contributed by atoms with van der Waals surface area (Å²) in [6.07, 6.45) is 5.72. The molecule has 3 fully saturated rings. The molecule has 3 heterocycles. The van der Waals surface area contributed by atoms with Crippen LogP contribution in [0.1, 0.15) is 32.1 Å². The summed E-state index contributed by atoms with van der Waals surface area (Å²) >= 11 is 0. The lowest BCUT2D eigenvalue weighted by Crippen LogP contribution is -2.54. The molecule has 0 aromatic heterocycles. The van der Waals surface area contributed by atoms with Crippen molar-refractivity contribution in [1.82, 2.24) is 20.4 Å². The molecule has 5 nitrogen and oxygen atoms in total. The van der Waals surface area contributed by atoms with Crippen LogP contribution >= 0.6 is 37.2 Å². The number of hydrogen-bond donors (Lipinski definition) is 2. The van der Waals surface area contributed by atoms with Crippen LogP contribution in [-0.4, -0.2) is 74.1 Å². The van der Waals surface area contributed by atoms with Crippen LogP contribution in [0.25, 0.3) is 0 Å². The molecular weight excluding hydrogens is 371 g/mol. The maximum atomic E-state index is 12.2. The maximum absolute atomic E-state index is 12.2. The van der Waals surface area contributed by atoms with Crippen molar-refractivity contribution in [2.45, 2.75) is 50.2 Å². The first-order valence-electron chi connectivity index (χ1n) is 8.51. The molecule has 144 valence electrons. The number of fused-ring (bicyclic) bond motifs is 2. The van der Waals surface area contributed by atoms with Gasteiger partial charge in [-0.2, -0.15) is 0 Å². The number of carbonyl (C=O) groups excluding carboxylic acids is 1. The summed E-state index contributed by atoms with van der Waals surface area (Å²) in [5, 5.41) is 6.82. The first-order chi connectivity index (χ1) is 10.1. The molecule has 1 amide bonds. The second kappa shape index (κ2) is 11.0. The average Bonchev–Trinajstić information content (AvgIpc) is 2.79. The molecule has 2 N–H and O–H groups in total. The Morgan fingerprint density at radius 1 is 1.08 bits per heavy atom. The van der Waals surface area contributed by atoms with Gasteiger partial charge in [0.05, 0.1) is 0 Å². The summed E-state index contributed by atoms with van der Waals surface area (Å²) < 4.78 is 0. The van der Waals surface area contributed by atoms with E-state index in [1.165, 1.54) is 25.7 Å². The highest BCUT2D eigenvalue weighted by Gasteiger charge is 2.34. The Morgan fingerprint density at radius 3 is 2.33 bits per heavy atom. The molecule has 0 aromatic rings. The van der Waals surface area contributed by atoms with E-state index in [-0.39, 0.29) is 43.1 Å². The van der Waals surface area contributed by atoms with E-state index in [1.54, 1.807) is 0 Å². The van der Waals surface area contributed by atoms with Crippen LogP contribution < -0.4 is 10.6 Å². The second-order valence-electron chi connectivity index (χ2n) is 7.38. The van der Waals surface area contributed by atoms with Crippen molar-refractivity contribution < 1.29 is 4.79 Å². The van der Waals surface area contributed by atoms with Gasteiger partial charge < -0.3 is 15.5 Å². The third-order valence-electron chi connectivity index (χ3n) is 5.56. The molecule has 0 aliphatic carbocycles. The van der Waals surface area contributed by atoms with E-state index >= 15 is 0 Å². The lowest BCUT2D eigenvalue weighted by Gasteiger charge is -2.37. The fourth-order valence-corrected chi connectivity index (χ4v) is 4.23. The number of hydrogen-bond acceptors (Lipinski definition) is 4. The number of amides is 1. The van der Waals surface area contributed by atoms with E-state index in [0.717, 1.165) is 32.6 Å². The predicted molar refractivity (Wildman–Crippen MR) is 106 cm³/mol. The van der Waals surface area contributed by atoms with Crippen LogP contribution in [0.2, 0.25) is 0 Å². The Balaban J connectivity index is 0.00000176. The van der Waals surface area contributed by atoms with Crippen molar-refractivity contribution >= 4 is 43.1 Å². The summed E-state index contributed by atoms with van der Waals surface area (Å²) in [6, 6.07) is 1.82. The minimum atomic E-state index is 0. The molecule has 3 rings (SSSR count). The van der Waals surface area contributed by atoms with Crippen LogP contribution in [0, 0.1) is 5.92 Å². The van der Waals surface area contributed by atoms with E-state index < -0.39 is 0 Å². The number of nitrogens with zero attached hydrogens (tertiary/aromatic N) is 2. The van der Waals surface area contributed by atoms with Crippen LogP contribution in [0.5, 0.6) is 0 Å². The van der Waals surface area contributed by atoms with Gasteiger partial charge in [0, 0.05) is 50.7 Å². The number of rotatable bonds is 4. The zero-order valence-corrected chi connectivity index (χ0v) is 17.2. The lowest BCUT2D eigenvalue weighted by atomic mass is 9.89. The molecule has 3 aliphatic rings. The minimum absolute atomic E-state index is 0. The first-order valence-corrected chi connectivity index (χ1v) is 8.51. The summed E-state index contributed by atoms with van der Waals surface area (Å²) in [5.41, 5.74) is 0. The normalized spacial score (nSPS) is 32.9. The van der Waals surface area contributed by atoms with Gasteiger partial charge in [-0.3, -0.25) is 9.69 Å². The highest BCUT2D eigenvalue weighted by molar-refractivity contribution is 5.86. The number of piperazine rings is 1. The van der Waals surface area contributed by atoms with Gasteiger partial charge in [-0.1, -0.05) is 0 Å². The largest absolute Gasteiger partial charge is 0.354 e. The molecule has 2 bridgehead atoms. The molecule has 0 saturated carbocycles. The molecule has 0 radical (unpaired) electrons. The molecule has 3 atom stereocenters. The quantitative estimate of drug-likeness (QED) is 0.747. The number of piperidine rings is 1. The number of carbonyl (C=O) groups is 1. The first kappa shape index (κ1) is 24.2. The predicted octanol–water partition coefficient (Wildman–Crippen LogP) is 1.53. The molecule has 8 heteroatoms. The van der Waals surface area contributed by atoms with Gasteiger partial charge in [-0.25, -0.2) is 0 Å². The minimum Gasteiger partial charge on any atom is -0.354 e. The third kappa shape index (κ3) is 6.50. The molecular formula is C16H33Cl3N4O. The summed E-state index contributed by atoms with van der Waals surface area (Å²) in [4.78, 5) is 16.9. The number of nitrogens with one attached hydrogen (secondary N) is 2. The van der Waals surface area contributed by atoms with Gasteiger partial charge in [0.2, 0.25) is 5.91 Å². The molecule has 0 spiro atoms. The van der Waals surface area contributed by atoms with Crippen molar-refractivity contribution in [2.24, 2.45) is 5.92 Å². The second-order valence-corrected chi connectivity index (χ2v) is 7.38. The van der Waals surface area contributed by atoms with Gasteiger partial charge >= 0.3 is 0 Å². The SMILES string of the molecule is CN1CCN(C)C(CNC(=O)CC2CC3CCC(C2)N3)C1.Cl.Cl.Cl. The van der Waals surface area contributed by atoms with Crippen LogP contribution in [-0.2, 0) is 4.79 Å². The zero-order valence-electron chi connectivity index (χ0n) is 14.7. The highest BCUT2D eigenvalue weighted by atomic mass is 35.5. The Hall–Kier alpha value is 0.220. The van der Waals surface area contributed by atoms with Crippen molar-refractivity contribution in [3.63, 3.8) is 0 Å². The van der Waals surface area contributed by atoms with Crippen LogP contribution in [0.4, 0.5) is 0 Å². The topological polar surface area (TPSA) is 47.6 Å². The van der Waals surface area contributed by atoms with E-state index in [1.807, 2.05) is 0 Å². The van der Waals surface area contributed by atoms with Gasteiger partial charge in [0.1, 0.15) is 0 Å². The maximum Gasteiger partial charge on any atom is 0.220 e. The van der Waals surface area contributed by atoms with E-state index in [9.17, 15) is 4.79 Å². The summed E-state index contributed by atoms with van der Waals surface area (Å²) in [6.45, 7) is 4.05. The standard InChI is InChI=1S/C16H30N4O.3ClH/c1-19-5-6-20(2)15(11-19)10-17-16(21)9-12-7-13-3-4-14(8-12)18-13;;;/h12-15,18H,3-11H2,1-2H3,(H,17,21);3*1H. The van der Waals surface area contributed by atoms with Gasteiger partial charge in [-0.05, 0) is 45.7 Å². The molecule has 3 unspecified atom stereocenters. The van der Waals surface area contributed by atoms with Crippen LogP contribution in [0.15, 0.2) is 0 Å². The Labute approximate surface area is 164 Å². The number of halogens is 3. The van der Waals surface area contributed by atoms with Gasteiger partial charge in [-0.15, -0.1) is 37.2 Å². The summed E-state index contributed by atoms with van der Waals surface area (Å²) in [7, 11) is 4.32. The van der Waals surface area contributed by atoms with E-state index in [2.05, 4.69) is 34.5 Å². The van der Waals surface area contributed by atoms with Crippen molar-refractivity contribution in [2.75, 3.05) is 40.3 Å². The Kier molecular flexibility index (Phi) is 11.1. The van der Waals surface area contributed by atoms with Gasteiger partial charge in [0.15, 0.2) is 0 Å². The van der Waals surface area contributed by atoms with Crippen molar-refractivity contribution in [3.05, 3.63) is 0 Å². The van der Waals surface area contributed by atoms with E-state index in [0.29, 0.717) is 24.0 Å². The molecule has 0 aromatic carbocycles. The smallest absolute Gasteiger partial charge is 0.220 e. The molecule has 24 heavy (non-hydrogen) atoms. The third-order valence-corrected chi connectivity index (χ3v) is 5.56. The zero-order chi connectivity index (χ0) is 14.8. The Morgan fingerprint density at radius 2 is 1.71 bits per heavy atom. The van der Waals surface area contributed by atoms with E-state index in [4.69, 9.17) is 0 Å². The van der Waals surface area contributed by atoms with Crippen LogP contribution in [0.3, 0.4) is 0 Å². The highest BCUT2D eigenvalue weighted by Crippen LogP contribution is 2.32. The monoisotopic (exact) mass is 402 g/mol. The number of likely N-dealkylation sites (N-methyl/N-ethyl adjacent to an activating group) is 2. The lowest BCUT2D eigenvalue weighted by molar-refractivity contribution is -0.122. The fourth-order valence-electron chi connectivity index (χ4n) is 4.23. The molecule has 3 saturated heterocycles. The average molecular weight is 404 g/mol. The van der Waals surface area contributed by atoms with Crippen molar-refractivity contribution in [3.8, 4) is 0 Å². The molecule has 3 aliphatic heterocycles. The summed E-state index contributed by atoms with van der Waals surface area (Å²) in [5.74, 6) is 0.846. The van der Waals surface area contributed by atoms with Crippen molar-refractivity contribution in [1.29, 1.82) is 0 Å².